The van der Waals surface area contributed by atoms with Crippen molar-refractivity contribution in [2.24, 2.45) is 0 Å². The van der Waals surface area contributed by atoms with E-state index in [-0.39, 0.29) is 59.9 Å². The first kappa shape index (κ1) is 38.5. The van der Waals surface area contributed by atoms with E-state index in [0.717, 1.165) is 23.1 Å². The molecule has 0 aliphatic rings. The van der Waals surface area contributed by atoms with Gasteiger partial charge in [0.2, 0.25) is 0 Å². The van der Waals surface area contributed by atoms with Crippen molar-refractivity contribution in [1.29, 1.82) is 0 Å². The Hall–Kier alpha value is -3.52. The minimum Gasteiger partial charge on any atom is -0.545 e. The first-order valence-corrected chi connectivity index (χ1v) is 14.4. The molecule has 0 fully saturated rings. The zero-order chi connectivity index (χ0) is 30.5. The van der Waals surface area contributed by atoms with Crippen LogP contribution in [0.5, 0.6) is 28.7 Å². The first-order chi connectivity index (χ1) is 20.4. The summed E-state index contributed by atoms with van der Waals surface area (Å²) < 4.78 is 31.4. The summed E-state index contributed by atoms with van der Waals surface area (Å²) in [4.78, 5) is 11.5. The molecule has 6 nitrogen and oxygen atoms in total. The second kappa shape index (κ2) is 19.7. The van der Waals surface area contributed by atoms with Crippen molar-refractivity contribution in [3.8, 4) is 39.9 Å². The third-order valence-corrected chi connectivity index (χ3v) is 6.44. The topological polar surface area (TPSA) is 88.1 Å². The summed E-state index contributed by atoms with van der Waals surface area (Å²) >= 11 is 0. The van der Waals surface area contributed by atoms with E-state index in [2.05, 4.69) is 0 Å². The molecule has 0 spiro atoms. The molecular formula is C36H42FNaO6. The monoisotopic (exact) mass is 612 g/mol. The Labute approximate surface area is 283 Å². The van der Waals surface area contributed by atoms with Crippen LogP contribution in [0.25, 0.3) is 11.1 Å². The van der Waals surface area contributed by atoms with Gasteiger partial charge in [-0.1, -0.05) is 71.9 Å². The normalized spacial score (nSPS) is 9.93. The van der Waals surface area contributed by atoms with E-state index in [1.165, 1.54) is 18.2 Å². The van der Waals surface area contributed by atoms with E-state index in [1.54, 1.807) is 48.5 Å². The average molecular weight is 613 g/mol. The number of benzene rings is 4. The summed E-state index contributed by atoms with van der Waals surface area (Å²) in [5.74, 6) is 0.448. The number of aryl methyl sites for hydroxylation is 1. The second-order valence-corrected chi connectivity index (χ2v) is 9.26. The summed E-state index contributed by atoms with van der Waals surface area (Å²) in [5, 5.41) is 22.1. The first-order valence-electron chi connectivity index (χ1n) is 14.4. The molecule has 0 aromatic heterocycles. The Bertz CT molecular complexity index is 1460. The number of aromatic hydroxyl groups is 1. The summed E-state index contributed by atoms with van der Waals surface area (Å²) in [6.45, 7) is 8.82. The molecule has 230 valence electrons. The van der Waals surface area contributed by atoms with Gasteiger partial charge in [-0.15, -0.1) is 0 Å². The van der Waals surface area contributed by atoms with Crippen LogP contribution < -0.4 is 48.9 Å². The van der Waals surface area contributed by atoms with Crippen LogP contribution in [0.2, 0.25) is 0 Å². The van der Waals surface area contributed by atoms with Crippen molar-refractivity contribution in [1.82, 2.24) is 0 Å². The molecule has 8 heteroatoms. The number of phenolic OH excluding ortho intramolecular Hbond substituents is 1. The number of ether oxygens (including phenoxy) is 3. The maximum atomic E-state index is 13.3. The maximum Gasteiger partial charge on any atom is 1.00 e. The fraction of sp³-hybridized carbons (Fsp3) is 0.306. The van der Waals surface area contributed by atoms with Crippen LogP contribution in [0.1, 0.15) is 69.4 Å². The van der Waals surface area contributed by atoms with E-state index >= 15 is 0 Å². The second-order valence-electron chi connectivity index (χ2n) is 9.26. The Balaban J connectivity index is 0.00000237. The summed E-state index contributed by atoms with van der Waals surface area (Å²) in [6.07, 6.45) is 2.83. The molecule has 0 unspecified atom stereocenters. The summed E-state index contributed by atoms with van der Waals surface area (Å²) in [7, 11) is 0. The number of carboxylic acid groups (broad SMARTS) is 1. The molecule has 4 aromatic rings. The Morgan fingerprint density at radius 1 is 0.841 bits per heavy atom. The largest absolute Gasteiger partial charge is 1.00 e. The number of carboxylic acids is 1. The quantitative estimate of drug-likeness (QED) is 0.161. The molecule has 1 N–H and O–H groups in total. The molecule has 0 saturated carbocycles. The number of rotatable bonds is 13. The minimum absolute atomic E-state index is 0. The van der Waals surface area contributed by atoms with Gasteiger partial charge in [0.15, 0.2) is 0 Å². The number of carbonyl (C=O) groups excluding carboxylic acids is 1. The van der Waals surface area contributed by atoms with Gasteiger partial charge in [0.05, 0.1) is 19.2 Å². The van der Waals surface area contributed by atoms with Crippen molar-refractivity contribution in [3.63, 3.8) is 0 Å². The smallest absolute Gasteiger partial charge is 0.545 e. The summed E-state index contributed by atoms with van der Waals surface area (Å²) in [6, 6.07) is 21.3. The third kappa shape index (κ3) is 10.3. The van der Waals surface area contributed by atoms with Gasteiger partial charge in [-0.05, 0) is 66.4 Å². The number of hydrogen-bond donors (Lipinski definition) is 1. The van der Waals surface area contributed by atoms with Crippen LogP contribution in [0.3, 0.4) is 0 Å². The summed E-state index contributed by atoms with van der Waals surface area (Å²) in [5.41, 5.74) is 3.13. The van der Waals surface area contributed by atoms with Crippen LogP contribution in [0, 0.1) is 5.82 Å². The van der Waals surface area contributed by atoms with Crippen LogP contribution in [-0.4, -0.2) is 24.3 Å². The van der Waals surface area contributed by atoms with Crippen molar-refractivity contribution >= 4 is 5.97 Å². The van der Waals surface area contributed by atoms with Gasteiger partial charge in [-0.25, -0.2) is 4.39 Å². The molecule has 44 heavy (non-hydrogen) atoms. The van der Waals surface area contributed by atoms with Crippen LogP contribution in [0.15, 0.2) is 78.9 Å². The SMILES string of the molecule is C.CC.CCCc1c(OCCCOc2cc(O)c(-c3ccc(F)cc3)cc2CC)cccc1Oc1ccccc1C(=O)[O-].[Na+]. The number of hydrogen-bond acceptors (Lipinski definition) is 6. The van der Waals surface area contributed by atoms with Gasteiger partial charge < -0.3 is 29.2 Å². The fourth-order valence-corrected chi connectivity index (χ4v) is 4.42. The van der Waals surface area contributed by atoms with Crippen molar-refractivity contribution < 1.29 is 63.2 Å². The molecule has 0 radical (unpaired) electrons. The van der Waals surface area contributed by atoms with Crippen molar-refractivity contribution in [3.05, 3.63) is 101 Å². The number of phenols is 1. The van der Waals surface area contributed by atoms with E-state index < -0.39 is 5.97 Å². The number of halogens is 1. The Kier molecular flexibility index (Phi) is 17.2. The number of aromatic carboxylic acids is 1. The molecule has 4 aromatic carbocycles. The minimum atomic E-state index is -1.30. The molecule has 0 aliphatic carbocycles. The molecule has 0 aliphatic heterocycles. The molecule has 0 heterocycles. The van der Waals surface area contributed by atoms with Gasteiger partial charge in [0.25, 0.3) is 0 Å². The number of carbonyl (C=O) groups is 1. The van der Waals surface area contributed by atoms with Crippen molar-refractivity contribution in [2.75, 3.05) is 13.2 Å². The van der Waals surface area contributed by atoms with Crippen molar-refractivity contribution in [2.45, 2.75) is 60.8 Å². The van der Waals surface area contributed by atoms with Crippen LogP contribution in [0.4, 0.5) is 4.39 Å². The van der Waals surface area contributed by atoms with E-state index in [0.29, 0.717) is 55.3 Å². The van der Waals surface area contributed by atoms with Gasteiger partial charge in [0, 0.05) is 29.2 Å². The molecule has 4 rings (SSSR count). The van der Waals surface area contributed by atoms with E-state index in [1.807, 2.05) is 39.8 Å². The van der Waals surface area contributed by atoms with Gasteiger partial charge in [0.1, 0.15) is 34.6 Å². The van der Waals surface area contributed by atoms with Gasteiger partial charge >= 0.3 is 29.6 Å². The third-order valence-electron chi connectivity index (χ3n) is 6.44. The molecular weight excluding hydrogens is 570 g/mol. The van der Waals surface area contributed by atoms with Crippen LogP contribution >= 0.6 is 0 Å². The number of para-hydroxylation sites is 1. The molecule has 0 atom stereocenters. The predicted molar refractivity (Wildman–Crippen MR) is 168 cm³/mol. The molecule has 0 amide bonds. The average Bonchev–Trinajstić information content (AvgIpc) is 3.00. The standard InChI is InChI=1S/C33H33FO6.C2H6.CH4.Na/c1-3-9-25-29(12-7-13-30(25)40-31-11-6-5-10-26(31)33(36)37)38-18-8-19-39-32-21-28(35)27(20-22(32)4-2)23-14-16-24(34)17-15-23;1-2;;/h5-7,10-17,20-21,35H,3-4,8-9,18-19H2,1-2H3,(H,36,37);1-2H3;1H4;/q;;;+1/p-1. The Morgan fingerprint density at radius 3 is 2.09 bits per heavy atom. The zero-order valence-electron chi connectivity index (χ0n) is 25.6. The predicted octanol–water partition coefficient (Wildman–Crippen LogP) is 5.38. The van der Waals surface area contributed by atoms with Gasteiger partial charge in [-0.3, -0.25) is 0 Å². The maximum absolute atomic E-state index is 13.3. The zero-order valence-corrected chi connectivity index (χ0v) is 27.6. The van der Waals surface area contributed by atoms with Gasteiger partial charge in [-0.2, -0.15) is 0 Å². The molecule has 0 saturated heterocycles. The molecule has 0 bridgehead atoms. The van der Waals surface area contributed by atoms with E-state index in [4.69, 9.17) is 14.2 Å². The Morgan fingerprint density at radius 2 is 1.45 bits per heavy atom. The van der Waals surface area contributed by atoms with Crippen LogP contribution in [-0.2, 0) is 12.8 Å². The fourth-order valence-electron chi connectivity index (χ4n) is 4.42. The van der Waals surface area contributed by atoms with E-state index in [9.17, 15) is 19.4 Å².